The van der Waals surface area contributed by atoms with Gasteiger partial charge in [-0.25, -0.2) is 4.98 Å². The highest BCUT2D eigenvalue weighted by Crippen LogP contribution is 2.20. The van der Waals surface area contributed by atoms with Crippen LogP contribution >= 0.6 is 23.4 Å². The van der Waals surface area contributed by atoms with Crippen LogP contribution in [0.2, 0.25) is 5.02 Å². The summed E-state index contributed by atoms with van der Waals surface area (Å²) < 4.78 is 4.63. The summed E-state index contributed by atoms with van der Waals surface area (Å²) in [6.07, 6.45) is 1.59. The molecule has 1 atom stereocenters. The van der Waals surface area contributed by atoms with Crippen molar-refractivity contribution in [3.8, 4) is 0 Å². The van der Waals surface area contributed by atoms with E-state index in [1.54, 1.807) is 12.3 Å². The third-order valence-corrected chi connectivity index (χ3v) is 3.21. The number of rotatable bonds is 4. The van der Waals surface area contributed by atoms with E-state index in [-0.39, 0.29) is 11.9 Å². The number of carbonyl (C=O) groups is 1. The summed E-state index contributed by atoms with van der Waals surface area (Å²) in [5, 5.41) is 1.47. The van der Waals surface area contributed by atoms with Gasteiger partial charge in [-0.15, -0.1) is 11.8 Å². The number of hydrogen-bond acceptors (Lipinski definition) is 4. The van der Waals surface area contributed by atoms with Crippen LogP contribution in [0, 0.1) is 5.92 Å². The number of nitrogens with zero attached hydrogens (tertiary/aromatic N) is 1. The SMILES string of the molecule is COC(=O)C(C)CSc1ccc(Cl)cn1. The summed E-state index contributed by atoms with van der Waals surface area (Å²) in [6.45, 7) is 1.83. The van der Waals surface area contributed by atoms with Crippen LogP contribution in [-0.2, 0) is 9.53 Å². The van der Waals surface area contributed by atoms with E-state index in [4.69, 9.17) is 11.6 Å². The molecule has 1 aromatic rings. The fourth-order valence-electron chi connectivity index (χ4n) is 0.927. The van der Waals surface area contributed by atoms with E-state index in [2.05, 4.69) is 9.72 Å². The van der Waals surface area contributed by atoms with Gasteiger partial charge in [-0.3, -0.25) is 4.79 Å². The maximum absolute atomic E-state index is 11.1. The molecule has 3 nitrogen and oxygen atoms in total. The summed E-state index contributed by atoms with van der Waals surface area (Å²) in [5.74, 6) is 0.329. The predicted molar refractivity (Wildman–Crippen MR) is 61.2 cm³/mol. The molecule has 0 saturated heterocycles. The van der Waals surface area contributed by atoms with Crippen molar-refractivity contribution in [3.05, 3.63) is 23.4 Å². The average Bonchev–Trinajstić information content (AvgIpc) is 2.26. The Morgan fingerprint density at radius 2 is 2.40 bits per heavy atom. The molecule has 5 heteroatoms. The van der Waals surface area contributed by atoms with E-state index in [0.717, 1.165) is 5.03 Å². The Labute approximate surface area is 98.2 Å². The molecule has 1 heterocycles. The Balaban J connectivity index is 2.43. The van der Waals surface area contributed by atoms with Gasteiger partial charge >= 0.3 is 5.97 Å². The number of esters is 1. The molecule has 0 bridgehead atoms. The number of thioether (sulfide) groups is 1. The Morgan fingerprint density at radius 1 is 1.67 bits per heavy atom. The highest BCUT2D eigenvalue weighted by atomic mass is 35.5. The number of aromatic nitrogens is 1. The first-order chi connectivity index (χ1) is 7.13. The zero-order valence-corrected chi connectivity index (χ0v) is 10.1. The molecular formula is C10H12ClNO2S. The molecule has 0 aromatic carbocycles. The first kappa shape index (κ1) is 12.3. The Kier molecular flexibility index (Phi) is 4.91. The molecule has 0 saturated carbocycles. The van der Waals surface area contributed by atoms with Gasteiger partial charge in [0.2, 0.25) is 0 Å². The third kappa shape index (κ3) is 4.10. The minimum Gasteiger partial charge on any atom is -0.469 e. The summed E-state index contributed by atoms with van der Waals surface area (Å²) in [4.78, 5) is 15.2. The van der Waals surface area contributed by atoms with Crippen molar-refractivity contribution >= 4 is 29.3 Å². The van der Waals surface area contributed by atoms with Crippen molar-refractivity contribution in [3.63, 3.8) is 0 Å². The maximum atomic E-state index is 11.1. The Hall–Kier alpha value is -0.740. The molecule has 82 valence electrons. The van der Waals surface area contributed by atoms with Crippen LogP contribution < -0.4 is 0 Å². The van der Waals surface area contributed by atoms with E-state index in [9.17, 15) is 4.79 Å². The van der Waals surface area contributed by atoms with Gasteiger partial charge < -0.3 is 4.74 Å². The van der Waals surface area contributed by atoms with Gasteiger partial charge in [-0.05, 0) is 12.1 Å². The van der Waals surface area contributed by atoms with Crippen LogP contribution in [0.3, 0.4) is 0 Å². The lowest BCUT2D eigenvalue weighted by molar-refractivity contribution is -0.143. The van der Waals surface area contributed by atoms with Crippen molar-refractivity contribution in [1.29, 1.82) is 0 Å². The number of carbonyl (C=O) groups excluding carboxylic acids is 1. The fourth-order valence-corrected chi connectivity index (χ4v) is 1.89. The lowest BCUT2D eigenvalue weighted by atomic mass is 10.2. The van der Waals surface area contributed by atoms with E-state index in [0.29, 0.717) is 10.8 Å². The van der Waals surface area contributed by atoms with Gasteiger partial charge in [0.25, 0.3) is 0 Å². The molecule has 15 heavy (non-hydrogen) atoms. The predicted octanol–water partition coefficient (Wildman–Crippen LogP) is 2.64. The molecule has 0 N–H and O–H groups in total. The number of hydrogen-bond donors (Lipinski definition) is 0. The van der Waals surface area contributed by atoms with Crippen molar-refractivity contribution in [2.75, 3.05) is 12.9 Å². The van der Waals surface area contributed by atoms with Crippen molar-refractivity contribution < 1.29 is 9.53 Å². The van der Waals surface area contributed by atoms with Gasteiger partial charge in [0.05, 0.1) is 23.1 Å². The zero-order valence-electron chi connectivity index (χ0n) is 8.57. The summed E-state index contributed by atoms with van der Waals surface area (Å²) in [7, 11) is 1.39. The quantitative estimate of drug-likeness (QED) is 0.604. The molecule has 0 aliphatic rings. The first-order valence-corrected chi connectivity index (χ1v) is 5.82. The lowest BCUT2D eigenvalue weighted by Gasteiger charge is -2.07. The second-order valence-electron chi connectivity index (χ2n) is 3.05. The van der Waals surface area contributed by atoms with Crippen LogP contribution in [0.4, 0.5) is 0 Å². The minimum atomic E-state index is -0.198. The van der Waals surface area contributed by atoms with E-state index < -0.39 is 0 Å². The maximum Gasteiger partial charge on any atom is 0.309 e. The summed E-state index contributed by atoms with van der Waals surface area (Å²) in [6, 6.07) is 3.61. The van der Waals surface area contributed by atoms with Gasteiger partial charge in [-0.2, -0.15) is 0 Å². The Bertz CT molecular complexity index is 329. The van der Waals surface area contributed by atoms with Gasteiger partial charge in [0, 0.05) is 11.9 Å². The molecule has 0 fully saturated rings. The molecule has 1 rings (SSSR count). The summed E-state index contributed by atoms with van der Waals surface area (Å²) in [5.41, 5.74) is 0. The normalized spacial score (nSPS) is 12.2. The van der Waals surface area contributed by atoms with Gasteiger partial charge in [-0.1, -0.05) is 18.5 Å². The Morgan fingerprint density at radius 3 is 2.93 bits per heavy atom. The molecular weight excluding hydrogens is 234 g/mol. The highest BCUT2D eigenvalue weighted by molar-refractivity contribution is 7.99. The number of pyridine rings is 1. The van der Waals surface area contributed by atoms with Crippen molar-refractivity contribution in [1.82, 2.24) is 4.98 Å². The van der Waals surface area contributed by atoms with Crippen LogP contribution in [0.15, 0.2) is 23.4 Å². The average molecular weight is 246 g/mol. The van der Waals surface area contributed by atoms with Crippen molar-refractivity contribution in [2.45, 2.75) is 11.9 Å². The second-order valence-corrected chi connectivity index (χ2v) is 4.53. The zero-order chi connectivity index (χ0) is 11.3. The largest absolute Gasteiger partial charge is 0.469 e. The van der Waals surface area contributed by atoms with Crippen LogP contribution in [-0.4, -0.2) is 23.8 Å². The van der Waals surface area contributed by atoms with Crippen LogP contribution in [0.5, 0.6) is 0 Å². The van der Waals surface area contributed by atoms with Gasteiger partial charge in [0.1, 0.15) is 0 Å². The minimum absolute atomic E-state index is 0.127. The number of halogens is 1. The molecule has 0 radical (unpaired) electrons. The molecule has 1 unspecified atom stereocenters. The standard InChI is InChI=1S/C10H12ClNO2S/c1-7(10(13)14-2)6-15-9-4-3-8(11)5-12-9/h3-5,7H,6H2,1-2H3. The first-order valence-electron chi connectivity index (χ1n) is 4.45. The van der Waals surface area contributed by atoms with E-state index in [1.807, 2.05) is 13.0 Å². The van der Waals surface area contributed by atoms with Crippen LogP contribution in [0.25, 0.3) is 0 Å². The molecule has 0 amide bonds. The number of ether oxygens (including phenoxy) is 1. The summed E-state index contributed by atoms with van der Waals surface area (Å²) >= 11 is 7.21. The molecule has 0 spiro atoms. The molecule has 1 aromatic heterocycles. The third-order valence-electron chi connectivity index (χ3n) is 1.79. The number of methoxy groups -OCH3 is 1. The fraction of sp³-hybridized carbons (Fsp3) is 0.400. The second kappa shape index (κ2) is 5.98. The topological polar surface area (TPSA) is 39.2 Å². The monoisotopic (exact) mass is 245 g/mol. The van der Waals surface area contributed by atoms with Gasteiger partial charge in [0.15, 0.2) is 0 Å². The molecule has 0 aliphatic carbocycles. The lowest BCUT2D eigenvalue weighted by Crippen LogP contribution is -2.14. The highest BCUT2D eigenvalue weighted by Gasteiger charge is 2.13. The van der Waals surface area contributed by atoms with E-state index in [1.165, 1.54) is 18.9 Å². The smallest absolute Gasteiger partial charge is 0.309 e. The van der Waals surface area contributed by atoms with Crippen LogP contribution in [0.1, 0.15) is 6.92 Å². The van der Waals surface area contributed by atoms with E-state index >= 15 is 0 Å². The van der Waals surface area contributed by atoms with Crippen molar-refractivity contribution in [2.24, 2.45) is 5.92 Å². The molecule has 0 aliphatic heterocycles.